The summed E-state index contributed by atoms with van der Waals surface area (Å²) < 4.78 is 12.6. The average molecular weight is 245 g/mol. The molecule has 0 radical (unpaired) electrons. The Balaban J connectivity index is 0.00000112. The van der Waals surface area contributed by atoms with Gasteiger partial charge in [0.1, 0.15) is 5.82 Å². The topological polar surface area (TPSA) is 38.9 Å². The first-order valence-corrected chi connectivity index (χ1v) is 5.00. The maximum absolute atomic E-state index is 12.6. The summed E-state index contributed by atoms with van der Waals surface area (Å²) in [4.78, 5) is 5.04. The highest BCUT2D eigenvalue weighted by Gasteiger charge is 2.00. The molecule has 0 spiro atoms. The van der Waals surface area contributed by atoms with Crippen LogP contribution in [0.5, 0.6) is 0 Å². The number of anilines is 1. The van der Waals surface area contributed by atoms with Crippen LogP contribution in [0.15, 0.2) is 30.5 Å². The molecule has 5 heteroatoms. The van der Waals surface area contributed by atoms with Crippen LogP contribution in [0, 0.1) is 5.82 Å². The monoisotopic (exact) mass is 244 g/mol. The minimum Gasteiger partial charge on any atom is -0.375 e. The van der Waals surface area contributed by atoms with E-state index in [1.807, 2.05) is 0 Å². The molecule has 0 saturated carbocycles. The molecule has 0 unspecified atom stereocenters. The number of nitrogens with two attached hydrogens (primary N) is 1. The Kier molecular flexibility index (Phi) is 4.05. The van der Waals surface area contributed by atoms with Crippen LogP contribution in [0.4, 0.5) is 9.52 Å². The van der Waals surface area contributed by atoms with Gasteiger partial charge in [0.25, 0.3) is 0 Å². The lowest BCUT2D eigenvalue weighted by molar-refractivity contribution is 0.627. The molecule has 0 saturated heterocycles. The van der Waals surface area contributed by atoms with Gasteiger partial charge < -0.3 is 5.73 Å². The number of benzene rings is 1. The molecule has 15 heavy (non-hydrogen) atoms. The molecule has 0 bridgehead atoms. The SMILES string of the molecule is Cl.Nc1ncc(Cc2ccc(F)cc2)s1. The fourth-order valence-electron chi connectivity index (χ4n) is 1.21. The van der Waals surface area contributed by atoms with Crippen LogP contribution in [0.3, 0.4) is 0 Å². The Morgan fingerprint density at radius 2 is 1.93 bits per heavy atom. The van der Waals surface area contributed by atoms with E-state index < -0.39 is 0 Å². The van der Waals surface area contributed by atoms with Crippen LogP contribution in [-0.2, 0) is 6.42 Å². The summed E-state index contributed by atoms with van der Waals surface area (Å²) in [6.45, 7) is 0. The fraction of sp³-hybridized carbons (Fsp3) is 0.100. The van der Waals surface area contributed by atoms with E-state index in [0.29, 0.717) is 5.13 Å². The normalized spacial score (nSPS) is 9.67. The highest BCUT2D eigenvalue weighted by molar-refractivity contribution is 7.15. The van der Waals surface area contributed by atoms with Gasteiger partial charge in [-0.15, -0.1) is 23.7 Å². The van der Waals surface area contributed by atoms with Crippen LogP contribution in [0.2, 0.25) is 0 Å². The molecule has 0 amide bonds. The van der Waals surface area contributed by atoms with Crippen LogP contribution < -0.4 is 5.73 Å². The Labute approximate surface area is 97.4 Å². The van der Waals surface area contributed by atoms with E-state index >= 15 is 0 Å². The summed E-state index contributed by atoms with van der Waals surface area (Å²) in [5, 5.41) is 0.571. The molecular weight excluding hydrogens is 235 g/mol. The highest BCUT2D eigenvalue weighted by Crippen LogP contribution is 2.18. The van der Waals surface area contributed by atoms with Gasteiger partial charge in [0.15, 0.2) is 5.13 Å². The molecule has 0 aliphatic heterocycles. The molecule has 2 aromatic rings. The van der Waals surface area contributed by atoms with E-state index in [1.54, 1.807) is 18.3 Å². The molecule has 0 fully saturated rings. The summed E-state index contributed by atoms with van der Waals surface area (Å²) in [5.74, 6) is -0.211. The van der Waals surface area contributed by atoms with E-state index in [9.17, 15) is 4.39 Å². The number of nitrogen functional groups attached to an aromatic ring is 1. The van der Waals surface area contributed by atoms with Gasteiger partial charge in [0, 0.05) is 17.5 Å². The van der Waals surface area contributed by atoms with Gasteiger partial charge in [0.2, 0.25) is 0 Å². The van der Waals surface area contributed by atoms with Crippen LogP contribution in [0.25, 0.3) is 0 Å². The van der Waals surface area contributed by atoms with Crippen molar-refractivity contribution in [1.82, 2.24) is 4.98 Å². The average Bonchev–Trinajstić information content (AvgIpc) is 2.56. The van der Waals surface area contributed by atoms with Gasteiger partial charge >= 0.3 is 0 Å². The van der Waals surface area contributed by atoms with Gasteiger partial charge in [-0.05, 0) is 17.7 Å². The first-order chi connectivity index (χ1) is 6.74. The molecule has 0 aliphatic carbocycles. The van der Waals surface area contributed by atoms with Crippen LogP contribution in [0.1, 0.15) is 10.4 Å². The third-order valence-electron chi connectivity index (χ3n) is 1.86. The minimum atomic E-state index is -0.211. The second kappa shape index (κ2) is 5.09. The predicted molar refractivity (Wildman–Crippen MR) is 63.0 cm³/mol. The number of halogens is 2. The van der Waals surface area contributed by atoms with Crippen molar-refractivity contribution in [2.75, 3.05) is 5.73 Å². The number of aromatic nitrogens is 1. The Morgan fingerprint density at radius 3 is 2.47 bits per heavy atom. The van der Waals surface area contributed by atoms with Gasteiger partial charge in [-0.1, -0.05) is 12.1 Å². The van der Waals surface area contributed by atoms with E-state index in [1.165, 1.54) is 23.5 Å². The first kappa shape index (κ1) is 11.9. The lowest BCUT2D eigenvalue weighted by atomic mass is 10.1. The molecule has 2 rings (SSSR count). The second-order valence-corrected chi connectivity index (χ2v) is 4.11. The molecular formula is C10H10ClFN2S. The largest absolute Gasteiger partial charge is 0.375 e. The zero-order chi connectivity index (χ0) is 9.97. The summed E-state index contributed by atoms with van der Waals surface area (Å²) in [6.07, 6.45) is 2.51. The Hall–Kier alpha value is -1.13. The Morgan fingerprint density at radius 1 is 1.27 bits per heavy atom. The molecule has 0 atom stereocenters. The summed E-state index contributed by atoms with van der Waals surface area (Å²) >= 11 is 1.46. The molecule has 1 aromatic carbocycles. The fourth-order valence-corrected chi connectivity index (χ4v) is 1.93. The number of thiazole rings is 1. The quantitative estimate of drug-likeness (QED) is 0.882. The van der Waals surface area contributed by atoms with Crippen molar-refractivity contribution < 1.29 is 4.39 Å². The lowest BCUT2D eigenvalue weighted by Crippen LogP contribution is -1.84. The minimum absolute atomic E-state index is 0. The van der Waals surface area contributed by atoms with Crippen molar-refractivity contribution in [3.63, 3.8) is 0 Å². The molecule has 80 valence electrons. The van der Waals surface area contributed by atoms with Gasteiger partial charge in [-0.3, -0.25) is 0 Å². The predicted octanol–water partition coefficient (Wildman–Crippen LogP) is 2.88. The molecule has 2 N–H and O–H groups in total. The van der Waals surface area contributed by atoms with E-state index in [4.69, 9.17) is 5.73 Å². The van der Waals surface area contributed by atoms with E-state index in [0.717, 1.165) is 16.9 Å². The van der Waals surface area contributed by atoms with Gasteiger partial charge in [0.05, 0.1) is 0 Å². The Bertz CT molecular complexity index is 427. The zero-order valence-electron chi connectivity index (χ0n) is 7.81. The maximum atomic E-state index is 12.6. The first-order valence-electron chi connectivity index (χ1n) is 4.18. The maximum Gasteiger partial charge on any atom is 0.180 e. The summed E-state index contributed by atoms with van der Waals surface area (Å²) in [7, 11) is 0. The van der Waals surface area contributed by atoms with E-state index in [-0.39, 0.29) is 18.2 Å². The lowest BCUT2D eigenvalue weighted by Gasteiger charge is -1.96. The van der Waals surface area contributed by atoms with Crippen molar-refractivity contribution >= 4 is 28.9 Å². The third-order valence-corrected chi connectivity index (χ3v) is 2.69. The van der Waals surface area contributed by atoms with Crippen molar-refractivity contribution in [1.29, 1.82) is 0 Å². The third kappa shape index (κ3) is 3.18. The van der Waals surface area contributed by atoms with Gasteiger partial charge in [-0.25, -0.2) is 9.37 Å². The van der Waals surface area contributed by atoms with Gasteiger partial charge in [-0.2, -0.15) is 0 Å². The molecule has 2 nitrogen and oxygen atoms in total. The standard InChI is InChI=1S/C10H9FN2S.ClH/c11-8-3-1-7(2-4-8)5-9-6-13-10(12)14-9;/h1-4,6H,5H2,(H2,12,13);1H. The number of hydrogen-bond acceptors (Lipinski definition) is 3. The van der Waals surface area contributed by atoms with Crippen molar-refractivity contribution in [2.45, 2.75) is 6.42 Å². The number of nitrogens with zero attached hydrogens (tertiary/aromatic N) is 1. The molecule has 1 aromatic heterocycles. The van der Waals surface area contributed by atoms with Crippen LogP contribution >= 0.6 is 23.7 Å². The van der Waals surface area contributed by atoms with Crippen LogP contribution in [-0.4, -0.2) is 4.98 Å². The zero-order valence-corrected chi connectivity index (χ0v) is 9.45. The molecule has 1 heterocycles. The van der Waals surface area contributed by atoms with Crippen molar-refractivity contribution in [3.05, 3.63) is 46.7 Å². The van der Waals surface area contributed by atoms with Crippen molar-refractivity contribution in [2.24, 2.45) is 0 Å². The summed E-state index contributed by atoms with van der Waals surface area (Å²) in [5.41, 5.74) is 6.57. The number of hydrogen-bond donors (Lipinski definition) is 1. The summed E-state index contributed by atoms with van der Waals surface area (Å²) in [6, 6.07) is 6.45. The smallest absolute Gasteiger partial charge is 0.180 e. The number of rotatable bonds is 2. The second-order valence-electron chi connectivity index (χ2n) is 2.97. The van der Waals surface area contributed by atoms with Crippen molar-refractivity contribution in [3.8, 4) is 0 Å². The highest BCUT2D eigenvalue weighted by atomic mass is 35.5. The van der Waals surface area contributed by atoms with E-state index in [2.05, 4.69) is 4.98 Å². The molecule has 0 aliphatic rings.